The Morgan fingerprint density at radius 1 is 1.23 bits per heavy atom. The van der Waals surface area contributed by atoms with Gasteiger partial charge in [0.05, 0.1) is 11.9 Å². The number of anilines is 2. The number of nitrogens with one attached hydrogen (secondary N) is 1. The van der Waals surface area contributed by atoms with Gasteiger partial charge in [-0.05, 0) is 18.6 Å². The molecular weight excluding hydrogens is 330 g/mol. The van der Waals surface area contributed by atoms with Crippen LogP contribution in [-0.4, -0.2) is 49.3 Å². The predicted molar refractivity (Wildman–Crippen MR) is 102 cm³/mol. The van der Waals surface area contributed by atoms with E-state index in [1.807, 2.05) is 6.07 Å². The monoisotopic (exact) mass is 357 g/mol. The van der Waals surface area contributed by atoms with Crippen LogP contribution in [-0.2, 0) is 5.41 Å². The molecule has 0 saturated carbocycles. The first kappa shape index (κ1) is 18.2. The van der Waals surface area contributed by atoms with Crippen molar-refractivity contribution in [1.29, 1.82) is 0 Å². The summed E-state index contributed by atoms with van der Waals surface area (Å²) in [6.45, 7) is 9.99. The van der Waals surface area contributed by atoms with E-state index in [4.69, 9.17) is 4.52 Å². The van der Waals surface area contributed by atoms with Gasteiger partial charge < -0.3 is 19.6 Å². The summed E-state index contributed by atoms with van der Waals surface area (Å²) in [4.78, 5) is 20.4. The van der Waals surface area contributed by atoms with Crippen molar-refractivity contribution in [3.8, 4) is 0 Å². The van der Waals surface area contributed by atoms with Crippen LogP contribution in [0.2, 0.25) is 0 Å². The first-order chi connectivity index (χ1) is 12.4. The van der Waals surface area contributed by atoms with Gasteiger partial charge in [0.1, 0.15) is 11.5 Å². The van der Waals surface area contributed by atoms with E-state index >= 15 is 0 Å². The van der Waals surface area contributed by atoms with Crippen molar-refractivity contribution in [2.45, 2.75) is 32.6 Å². The minimum atomic E-state index is -0.168. The molecule has 2 aromatic rings. The zero-order valence-electron chi connectivity index (χ0n) is 16.0. The lowest BCUT2D eigenvalue weighted by atomic mass is 9.87. The van der Waals surface area contributed by atoms with Gasteiger partial charge in [-0.2, -0.15) is 0 Å². The van der Waals surface area contributed by atoms with E-state index in [9.17, 15) is 4.79 Å². The van der Waals surface area contributed by atoms with Crippen LogP contribution >= 0.6 is 0 Å². The van der Waals surface area contributed by atoms with Crippen molar-refractivity contribution in [3.05, 3.63) is 35.9 Å². The fourth-order valence-corrected chi connectivity index (χ4v) is 2.94. The molecule has 7 nitrogen and oxygen atoms in total. The summed E-state index contributed by atoms with van der Waals surface area (Å²) in [6, 6.07) is 5.78. The number of hydrogen-bond acceptors (Lipinski definition) is 6. The van der Waals surface area contributed by atoms with Gasteiger partial charge in [0.15, 0.2) is 5.82 Å². The molecule has 0 aromatic carbocycles. The van der Waals surface area contributed by atoms with Crippen LogP contribution in [0.5, 0.6) is 0 Å². The Morgan fingerprint density at radius 3 is 2.50 bits per heavy atom. The molecule has 0 aliphatic carbocycles. The summed E-state index contributed by atoms with van der Waals surface area (Å²) in [7, 11) is 1.61. The first-order valence-electron chi connectivity index (χ1n) is 9.10. The number of amides is 1. The van der Waals surface area contributed by atoms with Crippen LogP contribution in [0.1, 0.15) is 43.4 Å². The van der Waals surface area contributed by atoms with E-state index in [0.29, 0.717) is 5.69 Å². The van der Waals surface area contributed by atoms with Gasteiger partial charge in [0.2, 0.25) is 0 Å². The van der Waals surface area contributed by atoms with E-state index in [1.165, 1.54) is 0 Å². The van der Waals surface area contributed by atoms with E-state index in [2.05, 4.69) is 52.1 Å². The second-order valence-corrected chi connectivity index (χ2v) is 7.24. The molecule has 26 heavy (non-hydrogen) atoms. The highest BCUT2D eigenvalue weighted by molar-refractivity contribution is 5.92. The summed E-state index contributed by atoms with van der Waals surface area (Å²) < 4.78 is 5.58. The molecular formula is C19H27N5O2. The number of rotatable bonds is 5. The van der Waals surface area contributed by atoms with Gasteiger partial charge in [0, 0.05) is 44.7 Å². The Balaban J connectivity index is 1.62. The molecule has 0 radical (unpaired) electrons. The third kappa shape index (κ3) is 3.66. The predicted octanol–water partition coefficient (Wildman–Crippen LogP) is 2.44. The highest BCUT2D eigenvalue weighted by Gasteiger charge is 2.26. The molecule has 0 unspecified atom stereocenters. The first-order valence-corrected chi connectivity index (χ1v) is 9.10. The molecule has 1 N–H and O–H groups in total. The summed E-state index contributed by atoms with van der Waals surface area (Å²) >= 11 is 0. The van der Waals surface area contributed by atoms with Crippen LogP contribution in [0.3, 0.4) is 0 Å². The number of pyridine rings is 1. The molecule has 2 aromatic heterocycles. The van der Waals surface area contributed by atoms with Gasteiger partial charge in [0.25, 0.3) is 5.91 Å². The molecule has 0 bridgehead atoms. The number of piperazine rings is 1. The second-order valence-electron chi connectivity index (χ2n) is 7.24. The molecule has 1 fully saturated rings. The van der Waals surface area contributed by atoms with Crippen LogP contribution in [0.4, 0.5) is 11.5 Å². The molecule has 3 heterocycles. The van der Waals surface area contributed by atoms with Crippen molar-refractivity contribution in [2.75, 3.05) is 43.0 Å². The molecule has 1 aliphatic rings. The molecule has 1 aliphatic heterocycles. The lowest BCUT2D eigenvalue weighted by Gasteiger charge is -2.35. The molecule has 3 rings (SSSR count). The fraction of sp³-hybridized carbons (Fsp3) is 0.526. The quantitative estimate of drug-likeness (QED) is 0.886. The molecule has 1 amide bonds. The summed E-state index contributed by atoms with van der Waals surface area (Å²) in [6.07, 6.45) is 2.77. The Morgan fingerprint density at radius 2 is 1.92 bits per heavy atom. The Kier molecular flexibility index (Phi) is 5.15. The summed E-state index contributed by atoms with van der Waals surface area (Å²) in [5.74, 6) is 1.68. The van der Waals surface area contributed by atoms with Gasteiger partial charge >= 0.3 is 0 Å². The highest BCUT2D eigenvalue weighted by atomic mass is 16.5. The Hall–Kier alpha value is -2.57. The van der Waals surface area contributed by atoms with Crippen molar-refractivity contribution < 1.29 is 9.32 Å². The zero-order valence-corrected chi connectivity index (χ0v) is 16.0. The van der Waals surface area contributed by atoms with E-state index < -0.39 is 0 Å². The molecule has 1 saturated heterocycles. The lowest BCUT2D eigenvalue weighted by molar-refractivity contribution is 0.0958. The third-order valence-corrected chi connectivity index (χ3v) is 5.23. The van der Waals surface area contributed by atoms with Gasteiger partial charge in [-0.15, -0.1) is 0 Å². The van der Waals surface area contributed by atoms with Crippen LogP contribution in [0, 0.1) is 0 Å². The second kappa shape index (κ2) is 7.35. The van der Waals surface area contributed by atoms with Crippen LogP contribution < -0.4 is 15.1 Å². The molecule has 0 spiro atoms. The SMILES string of the molecule is CCC(C)(C)c1cc(N2CCN(c3ccc(C(=O)NC)nc3)CC2)no1. The Bertz CT molecular complexity index is 746. The lowest BCUT2D eigenvalue weighted by Crippen LogP contribution is -2.46. The standard InChI is InChI=1S/C19H27N5O2/c1-5-19(2,3)16-12-17(22-26-16)24-10-8-23(9-11-24)14-6-7-15(21-13-14)18(25)20-4/h6-7,12-13H,5,8-11H2,1-4H3,(H,20,25). The topological polar surface area (TPSA) is 74.5 Å². The van der Waals surface area contributed by atoms with Gasteiger partial charge in [-0.25, -0.2) is 4.98 Å². The molecule has 0 atom stereocenters. The van der Waals surface area contributed by atoms with E-state index in [-0.39, 0.29) is 11.3 Å². The maximum atomic E-state index is 11.6. The average molecular weight is 357 g/mol. The normalized spacial score (nSPS) is 15.2. The zero-order chi connectivity index (χ0) is 18.7. The van der Waals surface area contributed by atoms with E-state index in [0.717, 1.165) is 49.9 Å². The van der Waals surface area contributed by atoms with Gasteiger partial charge in [-0.3, -0.25) is 4.79 Å². The smallest absolute Gasteiger partial charge is 0.269 e. The van der Waals surface area contributed by atoms with Crippen molar-refractivity contribution in [3.63, 3.8) is 0 Å². The third-order valence-electron chi connectivity index (χ3n) is 5.23. The van der Waals surface area contributed by atoms with Gasteiger partial charge in [-0.1, -0.05) is 25.9 Å². The number of carbonyl (C=O) groups is 1. The van der Waals surface area contributed by atoms with Crippen LogP contribution in [0.25, 0.3) is 0 Å². The van der Waals surface area contributed by atoms with Crippen molar-refractivity contribution in [2.24, 2.45) is 0 Å². The maximum absolute atomic E-state index is 11.6. The van der Waals surface area contributed by atoms with Crippen molar-refractivity contribution >= 4 is 17.4 Å². The minimum Gasteiger partial charge on any atom is -0.367 e. The molecule has 140 valence electrons. The Labute approximate surface area is 154 Å². The van der Waals surface area contributed by atoms with E-state index in [1.54, 1.807) is 19.3 Å². The summed E-state index contributed by atoms with van der Waals surface area (Å²) in [5.41, 5.74) is 1.47. The molecule has 7 heteroatoms. The van der Waals surface area contributed by atoms with Crippen molar-refractivity contribution in [1.82, 2.24) is 15.5 Å². The summed E-state index contributed by atoms with van der Waals surface area (Å²) in [5, 5.41) is 6.85. The largest absolute Gasteiger partial charge is 0.367 e. The highest BCUT2D eigenvalue weighted by Crippen LogP contribution is 2.30. The number of nitrogens with zero attached hydrogens (tertiary/aromatic N) is 4. The average Bonchev–Trinajstić information content (AvgIpc) is 3.19. The fourth-order valence-electron chi connectivity index (χ4n) is 2.94. The number of aromatic nitrogens is 2. The maximum Gasteiger partial charge on any atom is 0.269 e. The van der Waals surface area contributed by atoms with Crippen LogP contribution in [0.15, 0.2) is 28.9 Å². The number of hydrogen-bond donors (Lipinski definition) is 1. The number of carbonyl (C=O) groups excluding carboxylic acids is 1. The minimum absolute atomic E-state index is 0.00523.